The number of nitrogens with two attached hydrogens (primary N) is 1. The Hall–Kier alpha value is -1.94. The van der Waals surface area contributed by atoms with Crippen molar-refractivity contribution in [2.24, 2.45) is 11.1 Å². The van der Waals surface area contributed by atoms with Crippen LogP contribution in [0.3, 0.4) is 0 Å². The average Bonchev–Trinajstić information content (AvgIpc) is 3.41. The zero-order valence-corrected chi connectivity index (χ0v) is 16.3. The molecule has 2 heterocycles. The van der Waals surface area contributed by atoms with Gasteiger partial charge in [0.25, 0.3) is 5.91 Å². The molecule has 2 aliphatic rings. The molecule has 26 heavy (non-hydrogen) atoms. The van der Waals surface area contributed by atoms with Crippen molar-refractivity contribution in [2.75, 3.05) is 13.1 Å². The summed E-state index contributed by atoms with van der Waals surface area (Å²) >= 11 is 0. The second kappa shape index (κ2) is 6.05. The largest absolute Gasteiger partial charge is 0.338 e. The maximum atomic E-state index is 13.5. The Morgan fingerprint density at radius 1 is 1.19 bits per heavy atom. The van der Waals surface area contributed by atoms with E-state index in [2.05, 4.69) is 45.9 Å². The topological polar surface area (TPSA) is 59.2 Å². The van der Waals surface area contributed by atoms with Gasteiger partial charge in [-0.05, 0) is 56.2 Å². The minimum Gasteiger partial charge on any atom is -0.338 e. The van der Waals surface area contributed by atoms with Crippen LogP contribution in [0.25, 0.3) is 10.9 Å². The highest BCUT2D eigenvalue weighted by Crippen LogP contribution is 2.41. The van der Waals surface area contributed by atoms with Gasteiger partial charge in [0.05, 0.1) is 11.1 Å². The highest BCUT2D eigenvalue weighted by Gasteiger charge is 2.36. The number of carbonyl (C=O) groups excluding carboxylic acids is 1. The first kappa shape index (κ1) is 17.5. The molecule has 0 bridgehead atoms. The lowest BCUT2D eigenvalue weighted by molar-refractivity contribution is 0.0534. The number of carbonyl (C=O) groups is 1. The van der Waals surface area contributed by atoms with Crippen molar-refractivity contribution >= 4 is 16.8 Å². The molecule has 4 rings (SSSR count). The number of likely N-dealkylation sites (tertiary alicyclic amines) is 1. The molecule has 0 spiro atoms. The second-order valence-electron chi connectivity index (χ2n) is 8.96. The normalized spacial score (nSPS) is 22.7. The first-order valence-corrected chi connectivity index (χ1v) is 9.73. The van der Waals surface area contributed by atoms with Gasteiger partial charge in [-0.1, -0.05) is 25.5 Å². The van der Waals surface area contributed by atoms with Crippen molar-refractivity contribution in [1.82, 2.24) is 9.88 Å². The summed E-state index contributed by atoms with van der Waals surface area (Å²) in [6, 6.07) is 6.47. The molecule has 1 saturated heterocycles. The SMILES string of the molecule is Cc1cc(C)c2nc(C3CC3)cc(C(=O)N3CCC(N)C(C)(C)C3)c2c1. The Kier molecular flexibility index (Phi) is 4.07. The van der Waals surface area contributed by atoms with Crippen LogP contribution in [0.5, 0.6) is 0 Å². The van der Waals surface area contributed by atoms with Crippen LogP contribution in [-0.2, 0) is 0 Å². The Bertz CT molecular complexity index is 883. The molecule has 1 amide bonds. The zero-order chi connectivity index (χ0) is 18.6. The third-order valence-electron chi connectivity index (χ3n) is 6.09. The summed E-state index contributed by atoms with van der Waals surface area (Å²) < 4.78 is 0. The Labute approximate surface area is 155 Å². The number of rotatable bonds is 2. The predicted octanol–water partition coefficient (Wildman–Crippen LogP) is 3.93. The Balaban J connectivity index is 1.80. The van der Waals surface area contributed by atoms with Crippen molar-refractivity contribution in [3.63, 3.8) is 0 Å². The van der Waals surface area contributed by atoms with Crippen LogP contribution in [0.15, 0.2) is 18.2 Å². The summed E-state index contributed by atoms with van der Waals surface area (Å²) in [5.41, 5.74) is 11.4. The predicted molar refractivity (Wildman–Crippen MR) is 105 cm³/mol. The van der Waals surface area contributed by atoms with Crippen molar-refractivity contribution in [2.45, 2.75) is 58.9 Å². The molecule has 1 aliphatic carbocycles. The number of aromatic nitrogens is 1. The Morgan fingerprint density at radius 3 is 2.58 bits per heavy atom. The molecule has 2 N–H and O–H groups in total. The first-order chi connectivity index (χ1) is 12.3. The van der Waals surface area contributed by atoms with Crippen LogP contribution in [0.1, 0.15) is 66.2 Å². The molecule has 0 radical (unpaired) electrons. The number of pyridine rings is 1. The number of nitrogens with zero attached hydrogens (tertiary/aromatic N) is 2. The number of aryl methyl sites for hydroxylation is 2. The van der Waals surface area contributed by atoms with E-state index in [1.54, 1.807) is 0 Å². The van der Waals surface area contributed by atoms with E-state index < -0.39 is 0 Å². The fraction of sp³-hybridized carbons (Fsp3) is 0.545. The van der Waals surface area contributed by atoms with Crippen LogP contribution >= 0.6 is 0 Å². The van der Waals surface area contributed by atoms with Gasteiger partial charge >= 0.3 is 0 Å². The molecule has 1 aromatic heterocycles. The molecule has 1 aliphatic heterocycles. The molecule has 2 aromatic rings. The number of benzene rings is 1. The van der Waals surface area contributed by atoms with Gasteiger partial charge in [0, 0.05) is 36.1 Å². The number of fused-ring (bicyclic) bond motifs is 1. The van der Waals surface area contributed by atoms with Gasteiger partial charge in [0.2, 0.25) is 0 Å². The van der Waals surface area contributed by atoms with Crippen molar-refractivity contribution in [3.8, 4) is 0 Å². The average molecular weight is 351 g/mol. The monoisotopic (exact) mass is 351 g/mol. The lowest BCUT2D eigenvalue weighted by Gasteiger charge is -2.42. The van der Waals surface area contributed by atoms with Crippen LogP contribution in [0.4, 0.5) is 0 Å². The maximum Gasteiger partial charge on any atom is 0.254 e. The van der Waals surface area contributed by atoms with E-state index in [1.807, 2.05) is 4.90 Å². The molecule has 4 heteroatoms. The number of hydrogen-bond acceptors (Lipinski definition) is 3. The van der Waals surface area contributed by atoms with Crippen molar-refractivity contribution in [3.05, 3.63) is 40.6 Å². The van der Waals surface area contributed by atoms with Crippen LogP contribution < -0.4 is 5.73 Å². The van der Waals surface area contributed by atoms with Gasteiger partial charge in [-0.2, -0.15) is 0 Å². The van der Waals surface area contributed by atoms with Crippen LogP contribution in [0, 0.1) is 19.3 Å². The first-order valence-electron chi connectivity index (χ1n) is 9.73. The summed E-state index contributed by atoms with van der Waals surface area (Å²) in [5, 5.41) is 0.990. The second-order valence-corrected chi connectivity index (χ2v) is 8.96. The number of amides is 1. The standard InChI is InChI=1S/C22H29N3O/c1-13-9-14(2)20-16(10-13)17(11-18(24-20)15-5-6-15)21(26)25-8-7-19(23)22(3,4)12-25/h9-11,15,19H,5-8,12,23H2,1-4H3. The van der Waals surface area contributed by atoms with E-state index in [4.69, 9.17) is 10.7 Å². The maximum absolute atomic E-state index is 13.5. The molecule has 2 fully saturated rings. The zero-order valence-electron chi connectivity index (χ0n) is 16.3. The minimum atomic E-state index is -0.0537. The minimum absolute atomic E-state index is 0.0537. The quantitative estimate of drug-likeness (QED) is 0.892. The third kappa shape index (κ3) is 3.01. The summed E-state index contributed by atoms with van der Waals surface area (Å²) in [4.78, 5) is 20.4. The molecule has 138 valence electrons. The highest BCUT2D eigenvalue weighted by molar-refractivity contribution is 6.07. The van der Waals surface area contributed by atoms with Crippen LogP contribution in [-0.4, -0.2) is 34.9 Å². The summed E-state index contributed by atoms with van der Waals surface area (Å²) in [5.74, 6) is 0.655. The summed E-state index contributed by atoms with van der Waals surface area (Å²) in [6.07, 6.45) is 3.22. The van der Waals surface area contributed by atoms with Gasteiger partial charge in [-0.15, -0.1) is 0 Å². The van der Waals surface area contributed by atoms with Crippen LogP contribution in [0.2, 0.25) is 0 Å². The number of hydrogen-bond donors (Lipinski definition) is 1. The van der Waals surface area contributed by atoms with Crippen molar-refractivity contribution < 1.29 is 4.79 Å². The summed E-state index contributed by atoms with van der Waals surface area (Å²) in [6.45, 7) is 9.93. The molecular weight excluding hydrogens is 322 g/mol. The van der Waals surface area contributed by atoms with Gasteiger partial charge in [0.15, 0.2) is 0 Å². The lowest BCUT2D eigenvalue weighted by Crippen LogP contribution is -2.54. The smallest absolute Gasteiger partial charge is 0.254 e. The molecule has 1 aromatic carbocycles. The van der Waals surface area contributed by atoms with E-state index >= 15 is 0 Å². The van der Waals surface area contributed by atoms with Gasteiger partial charge < -0.3 is 10.6 Å². The number of piperidine rings is 1. The van der Waals surface area contributed by atoms with Gasteiger partial charge in [-0.3, -0.25) is 9.78 Å². The molecule has 1 unspecified atom stereocenters. The Morgan fingerprint density at radius 2 is 1.92 bits per heavy atom. The van der Waals surface area contributed by atoms with E-state index in [1.165, 1.54) is 18.4 Å². The molecular formula is C22H29N3O. The fourth-order valence-corrected chi connectivity index (χ4v) is 4.18. The van der Waals surface area contributed by atoms with Gasteiger partial charge in [-0.25, -0.2) is 0 Å². The van der Waals surface area contributed by atoms with E-state index in [0.717, 1.165) is 40.7 Å². The lowest BCUT2D eigenvalue weighted by atomic mass is 9.79. The molecule has 1 saturated carbocycles. The van der Waals surface area contributed by atoms with E-state index in [9.17, 15) is 4.79 Å². The van der Waals surface area contributed by atoms with Crippen molar-refractivity contribution in [1.29, 1.82) is 0 Å². The molecule has 4 nitrogen and oxygen atoms in total. The van der Waals surface area contributed by atoms with Gasteiger partial charge in [0.1, 0.15) is 0 Å². The third-order valence-corrected chi connectivity index (χ3v) is 6.09. The fourth-order valence-electron chi connectivity index (χ4n) is 4.18. The highest BCUT2D eigenvalue weighted by atomic mass is 16.2. The summed E-state index contributed by atoms with van der Waals surface area (Å²) in [7, 11) is 0. The molecule has 1 atom stereocenters. The van der Waals surface area contributed by atoms with E-state index in [0.29, 0.717) is 12.5 Å². The van der Waals surface area contributed by atoms with E-state index in [-0.39, 0.29) is 17.4 Å².